The Bertz CT molecular complexity index is 561. The molecular formula is C13H15N3O4. The van der Waals surface area contributed by atoms with E-state index in [2.05, 4.69) is 16.0 Å². The molecule has 1 aromatic rings. The number of anilines is 1. The van der Waals surface area contributed by atoms with Crippen LogP contribution in [0.5, 0.6) is 0 Å². The number of carboxylic acids is 1. The molecule has 1 aromatic carbocycles. The molecule has 7 nitrogen and oxygen atoms in total. The minimum Gasteiger partial charge on any atom is -0.478 e. The number of hydrogen-bond donors (Lipinski definition) is 4. The second-order valence-corrected chi connectivity index (χ2v) is 4.51. The van der Waals surface area contributed by atoms with E-state index in [4.69, 9.17) is 5.11 Å². The van der Waals surface area contributed by atoms with Crippen molar-refractivity contribution in [2.24, 2.45) is 0 Å². The van der Waals surface area contributed by atoms with E-state index in [0.29, 0.717) is 11.3 Å². The first-order chi connectivity index (χ1) is 9.49. The fourth-order valence-corrected chi connectivity index (χ4v) is 1.97. The first kappa shape index (κ1) is 14.0. The average Bonchev–Trinajstić information content (AvgIpc) is 2.41. The Hall–Kier alpha value is -2.41. The highest BCUT2D eigenvalue weighted by Gasteiger charge is 2.24. The van der Waals surface area contributed by atoms with Crippen LogP contribution in [0.15, 0.2) is 18.2 Å². The Labute approximate surface area is 115 Å². The molecule has 20 heavy (non-hydrogen) atoms. The maximum absolute atomic E-state index is 12.0. The van der Waals surface area contributed by atoms with Gasteiger partial charge in [-0.15, -0.1) is 0 Å². The molecule has 0 aromatic heterocycles. The topological polar surface area (TPSA) is 108 Å². The van der Waals surface area contributed by atoms with Crippen molar-refractivity contribution in [3.63, 3.8) is 0 Å². The normalized spacial score (nSPS) is 18.2. The minimum atomic E-state index is -1.04. The number of carbonyl (C=O) groups is 3. The van der Waals surface area contributed by atoms with Gasteiger partial charge in [0.2, 0.25) is 11.8 Å². The lowest BCUT2D eigenvalue weighted by Crippen LogP contribution is -2.56. The molecule has 1 aliphatic heterocycles. The maximum Gasteiger partial charge on any atom is 0.336 e. The molecule has 1 saturated heterocycles. The number of benzene rings is 1. The van der Waals surface area contributed by atoms with Crippen LogP contribution in [0.25, 0.3) is 0 Å². The van der Waals surface area contributed by atoms with Crippen LogP contribution in [-0.4, -0.2) is 42.0 Å². The number of piperazine rings is 1. The zero-order valence-corrected chi connectivity index (χ0v) is 10.9. The van der Waals surface area contributed by atoms with Gasteiger partial charge in [-0.3, -0.25) is 14.9 Å². The zero-order chi connectivity index (χ0) is 14.7. The van der Waals surface area contributed by atoms with Crippen molar-refractivity contribution >= 4 is 23.5 Å². The second-order valence-electron chi connectivity index (χ2n) is 4.51. The van der Waals surface area contributed by atoms with Gasteiger partial charge >= 0.3 is 5.97 Å². The first-order valence-electron chi connectivity index (χ1n) is 6.13. The van der Waals surface area contributed by atoms with Crippen LogP contribution in [-0.2, 0) is 9.59 Å². The molecule has 0 radical (unpaired) electrons. The molecule has 1 heterocycles. The van der Waals surface area contributed by atoms with Gasteiger partial charge in [0.25, 0.3) is 0 Å². The predicted molar refractivity (Wildman–Crippen MR) is 71.6 cm³/mol. The van der Waals surface area contributed by atoms with E-state index in [9.17, 15) is 14.4 Å². The SMILES string of the molecule is Cc1c(NC(=O)C2CNC(=O)CN2)cccc1C(=O)O. The quantitative estimate of drug-likeness (QED) is 0.608. The second kappa shape index (κ2) is 5.70. The Morgan fingerprint density at radius 3 is 2.75 bits per heavy atom. The third-order valence-corrected chi connectivity index (χ3v) is 3.15. The molecule has 0 saturated carbocycles. The van der Waals surface area contributed by atoms with Crippen molar-refractivity contribution in [2.75, 3.05) is 18.4 Å². The van der Waals surface area contributed by atoms with Gasteiger partial charge in [0.1, 0.15) is 6.04 Å². The fraction of sp³-hybridized carbons (Fsp3) is 0.308. The molecule has 1 fully saturated rings. The molecule has 0 aliphatic carbocycles. The molecule has 1 aliphatic rings. The van der Waals surface area contributed by atoms with Gasteiger partial charge in [0.05, 0.1) is 12.1 Å². The summed E-state index contributed by atoms with van der Waals surface area (Å²) >= 11 is 0. The van der Waals surface area contributed by atoms with E-state index < -0.39 is 12.0 Å². The standard InChI is InChI=1S/C13H15N3O4/c1-7-8(13(19)20)3-2-4-9(7)16-12(18)10-5-15-11(17)6-14-10/h2-4,10,14H,5-6H2,1H3,(H,15,17)(H,16,18)(H,19,20). The summed E-state index contributed by atoms with van der Waals surface area (Å²) in [6.45, 7) is 1.93. The monoisotopic (exact) mass is 277 g/mol. The summed E-state index contributed by atoms with van der Waals surface area (Å²) in [6.07, 6.45) is 0. The van der Waals surface area contributed by atoms with Crippen LogP contribution in [0.3, 0.4) is 0 Å². The summed E-state index contributed by atoms with van der Waals surface area (Å²) in [6, 6.07) is 4.16. The van der Waals surface area contributed by atoms with E-state index in [1.54, 1.807) is 19.1 Å². The van der Waals surface area contributed by atoms with E-state index in [-0.39, 0.29) is 30.5 Å². The maximum atomic E-state index is 12.0. The van der Waals surface area contributed by atoms with Crippen LogP contribution < -0.4 is 16.0 Å². The Morgan fingerprint density at radius 2 is 2.15 bits per heavy atom. The molecule has 2 amide bonds. The van der Waals surface area contributed by atoms with Gasteiger partial charge in [-0.2, -0.15) is 0 Å². The molecule has 106 valence electrons. The molecule has 1 atom stereocenters. The first-order valence-corrected chi connectivity index (χ1v) is 6.13. The molecule has 0 spiro atoms. The van der Waals surface area contributed by atoms with Crippen LogP contribution in [0.2, 0.25) is 0 Å². The molecular weight excluding hydrogens is 262 g/mol. The third-order valence-electron chi connectivity index (χ3n) is 3.15. The van der Waals surface area contributed by atoms with Crippen molar-refractivity contribution in [1.29, 1.82) is 0 Å². The van der Waals surface area contributed by atoms with Crippen LogP contribution in [0, 0.1) is 6.92 Å². The Balaban J connectivity index is 2.10. The smallest absolute Gasteiger partial charge is 0.336 e. The highest BCUT2D eigenvalue weighted by atomic mass is 16.4. The molecule has 2 rings (SSSR count). The van der Waals surface area contributed by atoms with Gasteiger partial charge < -0.3 is 15.7 Å². The highest BCUT2D eigenvalue weighted by Crippen LogP contribution is 2.19. The number of carboxylic acid groups (broad SMARTS) is 1. The van der Waals surface area contributed by atoms with Gasteiger partial charge in [-0.25, -0.2) is 4.79 Å². The Morgan fingerprint density at radius 1 is 1.40 bits per heavy atom. The van der Waals surface area contributed by atoms with Crippen molar-refractivity contribution < 1.29 is 19.5 Å². The van der Waals surface area contributed by atoms with Crippen LogP contribution >= 0.6 is 0 Å². The zero-order valence-electron chi connectivity index (χ0n) is 10.9. The van der Waals surface area contributed by atoms with Gasteiger partial charge in [-0.1, -0.05) is 6.07 Å². The molecule has 4 N–H and O–H groups in total. The molecule has 7 heteroatoms. The summed E-state index contributed by atoms with van der Waals surface area (Å²) in [5, 5.41) is 17.1. The summed E-state index contributed by atoms with van der Waals surface area (Å²) < 4.78 is 0. The summed E-state index contributed by atoms with van der Waals surface area (Å²) in [5.41, 5.74) is 1.09. The lowest BCUT2D eigenvalue weighted by Gasteiger charge is -2.23. The van der Waals surface area contributed by atoms with E-state index in [0.717, 1.165) is 0 Å². The highest BCUT2D eigenvalue weighted by molar-refractivity contribution is 5.99. The summed E-state index contributed by atoms with van der Waals surface area (Å²) in [7, 11) is 0. The third kappa shape index (κ3) is 2.94. The largest absolute Gasteiger partial charge is 0.478 e. The number of amides is 2. The molecule has 1 unspecified atom stereocenters. The predicted octanol–water partition coefficient (Wildman–Crippen LogP) is -0.280. The van der Waals surface area contributed by atoms with E-state index in [1.165, 1.54) is 6.07 Å². The summed E-state index contributed by atoms with van der Waals surface area (Å²) in [5.74, 6) is -1.50. The number of aromatic carboxylic acids is 1. The summed E-state index contributed by atoms with van der Waals surface area (Å²) in [4.78, 5) is 34.1. The van der Waals surface area contributed by atoms with Crippen molar-refractivity contribution in [3.8, 4) is 0 Å². The van der Waals surface area contributed by atoms with E-state index in [1.807, 2.05) is 0 Å². The number of hydrogen-bond acceptors (Lipinski definition) is 4. The number of rotatable bonds is 3. The van der Waals surface area contributed by atoms with Crippen molar-refractivity contribution in [3.05, 3.63) is 29.3 Å². The van der Waals surface area contributed by atoms with Gasteiger partial charge in [0, 0.05) is 12.2 Å². The van der Waals surface area contributed by atoms with E-state index >= 15 is 0 Å². The van der Waals surface area contributed by atoms with Crippen molar-refractivity contribution in [2.45, 2.75) is 13.0 Å². The average molecular weight is 277 g/mol. The van der Waals surface area contributed by atoms with Gasteiger partial charge in [0.15, 0.2) is 0 Å². The van der Waals surface area contributed by atoms with Crippen LogP contribution in [0.4, 0.5) is 5.69 Å². The Kier molecular flexibility index (Phi) is 3.99. The lowest BCUT2D eigenvalue weighted by atomic mass is 10.1. The van der Waals surface area contributed by atoms with Crippen molar-refractivity contribution in [1.82, 2.24) is 10.6 Å². The van der Waals surface area contributed by atoms with Gasteiger partial charge in [-0.05, 0) is 24.6 Å². The number of carbonyl (C=O) groups excluding carboxylic acids is 2. The number of nitrogens with one attached hydrogen (secondary N) is 3. The lowest BCUT2D eigenvalue weighted by molar-refractivity contribution is -0.124. The van der Waals surface area contributed by atoms with Crippen LogP contribution in [0.1, 0.15) is 15.9 Å². The molecule has 0 bridgehead atoms. The fourth-order valence-electron chi connectivity index (χ4n) is 1.97. The minimum absolute atomic E-state index is 0.0895.